The van der Waals surface area contributed by atoms with Crippen molar-refractivity contribution in [3.8, 4) is 0 Å². The molecule has 0 unspecified atom stereocenters. The summed E-state index contributed by atoms with van der Waals surface area (Å²) in [5, 5.41) is 5.61. The van der Waals surface area contributed by atoms with Gasteiger partial charge in [0.05, 0.1) is 22.5 Å². The highest BCUT2D eigenvalue weighted by Gasteiger charge is 2.15. The molecular weight excluding hydrogens is 293 g/mol. The standard InChI is InChI=1S/C15H13ClFN3O/c1-2-8-18-13-7-6-10(9-19-13)20-15(21)14-11(16)4-3-5-12(14)17/h2-7,9H,1,8H2,(H,18,19)(H,20,21). The Morgan fingerprint density at radius 3 is 2.81 bits per heavy atom. The minimum atomic E-state index is -0.669. The van der Waals surface area contributed by atoms with Crippen LogP contribution in [0, 0.1) is 5.82 Å². The van der Waals surface area contributed by atoms with Crippen LogP contribution in [0.4, 0.5) is 15.9 Å². The van der Waals surface area contributed by atoms with E-state index < -0.39 is 11.7 Å². The largest absolute Gasteiger partial charge is 0.367 e. The molecule has 1 heterocycles. The molecule has 2 N–H and O–H groups in total. The van der Waals surface area contributed by atoms with Gasteiger partial charge >= 0.3 is 0 Å². The number of rotatable bonds is 5. The normalized spacial score (nSPS) is 10.0. The summed E-state index contributed by atoms with van der Waals surface area (Å²) in [7, 11) is 0. The van der Waals surface area contributed by atoms with Crippen LogP contribution in [-0.4, -0.2) is 17.4 Å². The molecule has 0 aliphatic carbocycles. The number of hydrogen-bond acceptors (Lipinski definition) is 3. The van der Waals surface area contributed by atoms with Gasteiger partial charge in [-0.05, 0) is 24.3 Å². The van der Waals surface area contributed by atoms with Crippen molar-refractivity contribution >= 4 is 29.0 Å². The van der Waals surface area contributed by atoms with Crippen LogP contribution in [0.1, 0.15) is 10.4 Å². The number of carbonyl (C=O) groups is 1. The predicted molar refractivity (Wildman–Crippen MR) is 82.3 cm³/mol. The van der Waals surface area contributed by atoms with Crippen molar-refractivity contribution in [3.05, 3.63) is 65.6 Å². The van der Waals surface area contributed by atoms with Crippen molar-refractivity contribution < 1.29 is 9.18 Å². The van der Waals surface area contributed by atoms with Crippen molar-refractivity contribution in [1.29, 1.82) is 0 Å². The van der Waals surface area contributed by atoms with E-state index in [1.807, 2.05) is 0 Å². The Hall–Kier alpha value is -2.40. The van der Waals surface area contributed by atoms with Crippen LogP contribution in [0.5, 0.6) is 0 Å². The van der Waals surface area contributed by atoms with E-state index in [1.54, 1.807) is 18.2 Å². The average molecular weight is 306 g/mol. The molecule has 2 aromatic rings. The molecule has 1 aromatic carbocycles. The Morgan fingerprint density at radius 2 is 2.19 bits per heavy atom. The van der Waals surface area contributed by atoms with E-state index >= 15 is 0 Å². The van der Waals surface area contributed by atoms with Gasteiger partial charge in [-0.2, -0.15) is 0 Å². The third kappa shape index (κ3) is 3.79. The summed E-state index contributed by atoms with van der Waals surface area (Å²) < 4.78 is 13.6. The second-order valence-electron chi connectivity index (χ2n) is 4.15. The number of hydrogen-bond donors (Lipinski definition) is 2. The molecule has 2 rings (SSSR count). The zero-order valence-corrected chi connectivity index (χ0v) is 11.8. The lowest BCUT2D eigenvalue weighted by molar-refractivity contribution is 0.102. The number of aromatic nitrogens is 1. The van der Waals surface area contributed by atoms with Crippen LogP contribution in [0.25, 0.3) is 0 Å². The lowest BCUT2D eigenvalue weighted by Gasteiger charge is -2.08. The molecule has 0 atom stereocenters. The monoisotopic (exact) mass is 305 g/mol. The maximum atomic E-state index is 13.6. The smallest absolute Gasteiger partial charge is 0.260 e. The molecule has 0 saturated carbocycles. The Kier molecular flexibility index (Phi) is 4.90. The Labute approximate surface area is 126 Å². The number of carbonyl (C=O) groups excluding carboxylic acids is 1. The summed E-state index contributed by atoms with van der Waals surface area (Å²) >= 11 is 5.84. The first-order valence-electron chi connectivity index (χ1n) is 6.18. The molecule has 1 amide bonds. The summed E-state index contributed by atoms with van der Waals surface area (Å²) in [5.74, 6) is -0.638. The average Bonchev–Trinajstić information content (AvgIpc) is 2.46. The molecule has 1 aromatic heterocycles. The summed E-state index contributed by atoms with van der Waals surface area (Å²) in [5.41, 5.74) is 0.261. The van der Waals surface area contributed by atoms with E-state index in [4.69, 9.17) is 11.6 Å². The number of amides is 1. The molecule has 108 valence electrons. The Balaban J connectivity index is 2.11. The van der Waals surface area contributed by atoms with E-state index in [-0.39, 0.29) is 10.6 Å². The number of halogens is 2. The summed E-state index contributed by atoms with van der Waals surface area (Å²) in [6.45, 7) is 4.17. The fourth-order valence-corrected chi connectivity index (χ4v) is 1.91. The second kappa shape index (κ2) is 6.85. The maximum Gasteiger partial charge on any atom is 0.260 e. The Morgan fingerprint density at radius 1 is 1.38 bits per heavy atom. The van der Waals surface area contributed by atoms with Gasteiger partial charge in [0.1, 0.15) is 11.6 Å². The summed E-state index contributed by atoms with van der Waals surface area (Å²) in [6.07, 6.45) is 3.18. The van der Waals surface area contributed by atoms with Crippen LogP contribution in [0.2, 0.25) is 5.02 Å². The lowest BCUT2D eigenvalue weighted by Crippen LogP contribution is -2.14. The zero-order valence-electron chi connectivity index (χ0n) is 11.1. The van der Waals surface area contributed by atoms with E-state index in [1.165, 1.54) is 24.4 Å². The molecule has 0 fully saturated rings. The lowest BCUT2D eigenvalue weighted by atomic mass is 10.2. The number of pyridine rings is 1. The van der Waals surface area contributed by atoms with Gasteiger partial charge in [-0.1, -0.05) is 23.7 Å². The minimum Gasteiger partial charge on any atom is -0.367 e. The fraction of sp³-hybridized carbons (Fsp3) is 0.0667. The topological polar surface area (TPSA) is 54.0 Å². The van der Waals surface area contributed by atoms with E-state index in [0.717, 1.165) is 0 Å². The SMILES string of the molecule is C=CCNc1ccc(NC(=O)c2c(F)cccc2Cl)cn1. The fourth-order valence-electron chi connectivity index (χ4n) is 1.66. The molecule has 0 bridgehead atoms. The highest BCUT2D eigenvalue weighted by atomic mass is 35.5. The van der Waals surface area contributed by atoms with Gasteiger partial charge in [-0.15, -0.1) is 6.58 Å². The quantitative estimate of drug-likeness (QED) is 0.828. The third-order valence-electron chi connectivity index (χ3n) is 2.64. The van der Waals surface area contributed by atoms with Crippen molar-refractivity contribution in [2.45, 2.75) is 0 Å². The summed E-state index contributed by atoms with van der Waals surface area (Å²) in [4.78, 5) is 16.1. The van der Waals surface area contributed by atoms with Crippen molar-refractivity contribution in [2.24, 2.45) is 0 Å². The molecule has 0 saturated heterocycles. The van der Waals surface area contributed by atoms with E-state index in [2.05, 4.69) is 22.2 Å². The zero-order chi connectivity index (χ0) is 15.2. The van der Waals surface area contributed by atoms with Crippen molar-refractivity contribution in [1.82, 2.24) is 4.98 Å². The first kappa shape index (κ1) is 15.0. The van der Waals surface area contributed by atoms with Gasteiger partial charge in [0.25, 0.3) is 5.91 Å². The van der Waals surface area contributed by atoms with Crippen LogP contribution < -0.4 is 10.6 Å². The molecule has 0 radical (unpaired) electrons. The van der Waals surface area contributed by atoms with Crippen molar-refractivity contribution in [3.63, 3.8) is 0 Å². The van der Waals surface area contributed by atoms with Gasteiger partial charge in [-0.25, -0.2) is 9.37 Å². The number of benzene rings is 1. The maximum absolute atomic E-state index is 13.6. The highest BCUT2D eigenvalue weighted by molar-refractivity contribution is 6.34. The third-order valence-corrected chi connectivity index (χ3v) is 2.95. The molecule has 0 aliphatic heterocycles. The molecule has 21 heavy (non-hydrogen) atoms. The van der Waals surface area contributed by atoms with Crippen LogP contribution in [0.3, 0.4) is 0 Å². The first-order valence-corrected chi connectivity index (χ1v) is 6.56. The van der Waals surface area contributed by atoms with Crippen molar-refractivity contribution in [2.75, 3.05) is 17.2 Å². The number of nitrogens with zero attached hydrogens (tertiary/aromatic N) is 1. The summed E-state index contributed by atoms with van der Waals surface area (Å²) in [6, 6.07) is 7.44. The van der Waals surface area contributed by atoms with Crippen LogP contribution in [0.15, 0.2) is 49.2 Å². The van der Waals surface area contributed by atoms with Crippen LogP contribution >= 0.6 is 11.6 Å². The first-order chi connectivity index (χ1) is 10.1. The molecule has 4 nitrogen and oxygen atoms in total. The molecule has 0 spiro atoms. The van der Waals surface area contributed by atoms with E-state index in [9.17, 15) is 9.18 Å². The molecular formula is C15H13ClFN3O. The van der Waals surface area contributed by atoms with Crippen LogP contribution in [-0.2, 0) is 0 Å². The van der Waals surface area contributed by atoms with Gasteiger partial charge in [0.2, 0.25) is 0 Å². The van der Waals surface area contributed by atoms with E-state index in [0.29, 0.717) is 18.1 Å². The molecule has 0 aliphatic rings. The van der Waals surface area contributed by atoms with Gasteiger partial charge in [-0.3, -0.25) is 4.79 Å². The van der Waals surface area contributed by atoms with Gasteiger partial charge in [0, 0.05) is 6.54 Å². The number of nitrogens with one attached hydrogen (secondary N) is 2. The minimum absolute atomic E-state index is 0.0599. The number of anilines is 2. The Bertz CT molecular complexity index is 638. The highest BCUT2D eigenvalue weighted by Crippen LogP contribution is 2.20. The predicted octanol–water partition coefficient (Wildman–Crippen LogP) is 3.72. The second-order valence-corrected chi connectivity index (χ2v) is 4.56. The van der Waals surface area contributed by atoms with Gasteiger partial charge in [0.15, 0.2) is 0 Å². The molecule has 6 heteroatoms. The van der Waals surface area contributed by atoms with Gasteiger partial charge < -0.3 is 10.6 Å².